The highest BCUT2D eigenvalue weighted by atomic mass is 16.7. The monoisotopic (exact) mass is 268 g/mol. The molecule has 1 aliphatic heterocycles. The normalized spacial score (nSPS) is 26.9. The minimum absolute atomic E-state index is 0.0340. The van der Waals surface area contributed by atoms with E-state index in [0.717, 1.165) is 0 Å². The van der Waals surface area contributed by atoms with Crippen molar-refractivity contribution in [1.29, 1.82) is 0 Å². The molecule has 6 nitrogen and oxygen atoms in total. The van der Waals surface area contributed by atoms with Gasteiger partial charge in [-0.3, -0.25) is 0 Å². The molecule has 19 heavy (non-hydrogen) atoms. The Balaban J connectivity index is 2.10. The first-order chi connectivity index (χ1) is 9.10. The van der Waals surface area contributed by atoms with Gasteiger partial charge >= 0.3 is 5.97 Å². The molecule has 1 aromatic rings. The van der Waals surface area contributed by atoms with Gasteiger partial charge in [-0.05, 0) is 12.1 Å². The molecule has 0 saturated carbocycles. The third-order valence-electron chi connectivity index (χ3n) is 2.92. The number of carbonyl (C=O) groups is 1. The largest absolute Gasteiger partial charge is 0.478 e. The van der Waals surface area contributed by atoms with Crippen LogP contribution in [0.15, 0.2) is 24.3 Å². The molecule has 3 atom stereocenters. The molecule has 1 aromatic carbocycles. The second-order valence-corrected chi connectivity index (χ2v) is 4.41. The van der Waals surface area contributed by atoms with E-state index in [1.54, 1.807) is 12.1 Å². The first-order valence-electron chi connectivity index (χ1n) is 6.03. The predicted molar refractivity (Wildman–Crippen MR) is 65.0 cm³/mol. The van der Waals surface area contributed by atoms with Gasteiger partial charge in [0.05, 0.1) is 18.8 Å². The summed E-state index contributed by atoms with van der Waals surface area (Å²) in [6.07, 6.45) is -1.30. The molecule has 104 valence electrons. The highest BCUT2D eigenvalue weighted by Crippen LogP contribution is 2.25. The first kappa shape index (κ1) is 13.8. The van der Waals surface area contributed by atoms with Crippen LogP contribution in [0.1, 0.15) is 23.2 Å². The maximum Gasteiger partial charge on any atom is 0.339 e. The van der Waals surface area contributed by atoms with E-state index in [1.807, 2.05) is 0 Å². The van der Waals surface area contributed by atoms with Crippen molar-refractivity contribution in [2.24, 2.45) is 0 Å². The van der Waals surface area contributed by atoms with E-state index in [2.05, 4.69) is 0 Å². The number of aromatic carboxylic acids is 1. The minimum atomic E-state index is -1.09. The molecular formula is C13H16O6. The van der Waals surface area contributed by atoms with Gasteiger partial charge < -0.3 is 24.8 Å². The number of hydrogen-bond donors (Lipinski definition) is 3. The van der Waals surface area contributed by atoms with Gasteiger partial charge in [0.15, 0.2) is 0 Å². The molecule has 3 unspecified atom stereocenters. The van der Waals surface area contributed by atoms with Crippen LogP contribution in [-0.4, -0.2) is 46.4 Å². The lowest BCUT2D eigenvalue weighted by atomic mass is 10.1. The van der Waals surface area contributed by atoms with Crippen LogP contribution in [0.4, 0.5) is 0 Å². The molecule has 0 amide bonds. The Bertz CT molecular complexity index is 447. The third-order valence-corrected chi connectivity index (χ3v) is 2.92. The number of aliphatic hydroxyl groups excluding tert-OH is 2. The average Bonchev–Trinajstić information content (AvgIpc) is 2.38. The molecule has 1 saturated heterocycles. The van der Waals surface area contributed by atoms with Crippen LogP contribution in [-0.2, 0) is 4.74 Å². The molecule has 0 aliphatic carbocycles. The molecule has 0 bridgehead atoms. The Morgan fingerprint density at radius 2 is 2.11 bits per heavy atom. The predicted octanol–water partition coefficient (Wildman–Crippen LogP) is 0.622. The van der Waals surface area contributed by atoms with Crippen LogP contribution in [0.5, 0.6) is 5.75 Å². The highest BCUT2D eigenvalue weighted by molar-refractivity contribution is 5.90. The Hall–Kier alpha value is -1.63. The summed E-state index contributed by atoms with van der Waals surface area (Å²) in [4.78, 5) is 11.0. The van der Waals surface area contributed by atoms with E-state index in [0.29, 0.717) is 6.42 Å². The van der Waals surface area contributed by atoms with Crippen LogP contribution >= 0.6 is 0 Å². The minimum Gasteiger partial charge on any atom is -0.478 e. The number of aliphatic hydroxyl groups is 2. The molecule has 6 heteroatoms. The molecule has 0 spiro atoms. The van der Waals surface area contributed by atoms with Gasteiger partial charge in [0.1, 0.15) is 11.3 Å². The quantitative estimate of drug-likeness (QED) is 0.741. The number of para-hydroxylation sites is 1. The third kappa shape index (κ3) is 3.44. The number of benzene rings is 1. The molecule has 1 fully saturated rings. The average molecular weight is 268 g/mol. The summed E-state index contributed by atoms with van der Waals surface area (Å²) >= 11 is 0. The topological polar surface area (TPSA) is 96.2 Å². The Kier molecular flexibility index (Phi) is 4.36. The van der Waals surface area contributed by atoms with Crippen molar-refractivity contribution >= 4 is 5.97 Å². The lowest BCUT2D eigenvalue weighted by Crippen LogP contribution is -2.40. The van der Waals surface area contributed by atoms with Gasteiger partial charge in [-0.25, -0.2) is 4.79 Å². The first-order valence-corrected chi connectivity index (χ1v) is 6.03. The second-order valence-electron chi connectivity index (χ2n) is 4.41. The highest BCUT2D eigenvalue weighted by Gasteiger charge is 2.30. The summed E-state index contributed by atoms with van der Waals surface area (Å²) in [6, 6.07) is 6.22. The summed E-state index contributed by atoms with van der Waals surface area (Å²) < 4.78 is 10.9. The summed E-state index contributed by atoms with van der Waals surface area (Å²) in [7, 11) is 0. The maximum absolute atomic E-state index is 11.0. The van der Waals surface area contributed by atoms with Crippen LogP contribution < -0.4 is 4.74 Å². The fourth-order valence-corrected chi connectivity index (χ4v) is 2.03. The Morgan fingerprint density at radius 3 is 2.79 bits per heavy atom. The van der Waals surface area contributed by atoms with Gasteiger partial charge in [0.25, 0.3) is 0 Å². The SMILES string of the molecule is O=C(O)c1ccccc1OC1CC(O)CC(CO)O1. The molecule has 0 radical (unpaired) electrons. The number of hydrogen-bond acceptors (Lipinski definition) is 5. The van der Waals surface area contributed by atoms with Crippen LogP contribution in [0.3, 0.4) is 0 Å². The molecule has 0 aromatic heterocycles. The lowest BCUT2D eigenvalue weighted by Gasteiger charge is -2.32. The van der Waals surface area contributed by atoms with Crippen LogP contribution in [0.25, 0.3) is 0 Å². The number of carboxylic acid groups (broad SMARTS) is 1. The fraction of sp³-hybridized carbons (Fsp3) is 0.462. The Morgan fingerprint density at radius 1 is 1.37 bits per heavy atom. The number of rotatable bonds is 4. The summed E-state index contributed by atoms with van der Waals surface area (Å²) in [5, 5.41) is 27.7. The van der Waals surface area contributed by atoms with E-state index in [9.17, 15) is 9.90 Å². The van der Waals surface area contributed by atoms with Crippen molar-refractivity contribution in [2.75, 3.05) is 6.61 Å². The van der Waals surface area contributed by atoms with Gasteiger partial charge in [-0.2, -0.15) is 0 Å². The fourth-order valence-electron chi connectivity index (χ4n) is 2.03. The molecular weight excluding hydrogens is 252 g/mol. The zero-order valence-electron chi connectivity index (χ0n) is 10.2. The van der Waals surface area contributed by atoms with Gasteiger partial charge in [0, 0.05) is 12.8 Å². The summed E-state index contributed by atoms with van der Waals surface area (Å²) in [5.74, 6) is -0.906. The Labute approximate surface area is 110 Å². The molecule has 1 aliphatic rings. The molecule has 1 heterocycles. The van der Waals surface area contributed by atoms with E-state index < -0.39 is 24.5 Å². The summed E-state index contributed by atoms with van der Waals surface area (Å²) in [6.45, 7) is -0.211. The molecule has 2 rings (SSSR count). The molecule has 3 N–H and O–H groups in total. The summed E-state index contributed by atoms with van der Waals surface area (Å²) in [5.41, 5.74) is 0.0340. The van der Waals surface area contributed by atoms with Crippen LogP contribution in [0.2, 0.25) is 0 Å². The standard InChI is InChI=1S/C13H16O6/c14-7-9-5-8(15)6-12(18-9)19-11-4-2-1-3-10(11)13(16)17/h1-4,8-9,12,14-15H,5-7H2,(H,16,17). The zero-order chi connectivity index (χ0) is 13.8. The smallest absolute Gasteiger partial charge is 0.339 e. The van der Waals surface area contributed by atoms with Crippen molar-refractivity contribution < 1.29 is 29.6 Å². The maximum atomic E-state index is 11.0. The van der Waals surface area contributed by atoms with Crippen molar-refractivity contribution in [1.82, 2.24) is 0 Å². The van der Waals surface area contributed by atoms with Crippen molar-refractivity contribution in [3.8, 4) is 5.75 Å². The second kappa shape index (κ2) is 6.01. The number of carboxylic acids is 1. The van der Waals surface area contributed by atoms with Gasteiger partial charge in [-0.1, -0.05) is 12.1 Å². The lowest BCUT2D eigenvalue weighted by molar-refractivity contribution is -0.184. The van der Waals surface area contributed by atoms with Crippen molar-refractivity contribution in [3.63, 3.8) is 0 Å². The van der Waals surface area contributed by atoms with Crippen molar-refractivity contribution in [2.45, 2.75) is 31.3 Å². The van der Waals surface area contributed by atoms with Gasteiger partial charge in [0.2, 0.25) is 6.29 Å². The van der Waals surface area contributed by atoms with Gasteiger partial charge in [-0.15, -0.1) is 0 Å². The van der Waals surface area contributed by atoms with E-state index in [1.165, 1.54) is 12.1 Å². The van der Waals surface area contributed by atoms with Crippen LogP contribution in [0, 0.1) is 0 Å². The van der Waals surface area contributed by atoms with E-state index >= 15 is 0 Å². The number of ether oxygens (including phenoxy) is 2. The van der Waals surface area contributed by atoms with E-state index in [4.69, 9.17) is 19.7 Å². The van der Waals surface area contributed by atoms with E-state index in [-0.39, 0.29) is 24.3 Å². The van der Waals surface area contributed by atoms with Crippen molar-refractivity contribution in [3.05, 3.63) is 29.8 Å². The zero-order valence-corrected chi connectivity index (χ0v) is 10.2.